The van der Waals surface area contributed by atoms with Gasteiger partial charge in [0.25, 0.3) is 0 Å². The van der Waals surface area contributed by atoms with Crippen LogP contribution in [0.4, 0.5) is 0 Å². The van der Waals surface area contributed by atoms with Crippen molar-refractivity contribution in [1.29, 1.82) is 0 Å². The fraction of sp³-hybridized carbons (Fsp3) is 0.458. The van der Waals surface area contributed by atoms with Crippen LogP contribution >= 0.6 is 0 Å². The number of likely N-dealkylation sites (tertiary alicyclic amines) is 1. The summed E-state index contributed by atoms with van der Waals surface area (Å²) < 4.78 is 11.4. The largest absolute Gasteiger partial charge is 0.486 e. The van der Waals surface area contributed by atoms with Gasteiger partial charge < -0.3 is 19.7 Å². The van der Waals surface area contributed by atoms with E-state index in [1.165, 1.54) is 18.4 Å². The number of rotatable bonds is 7. The number of hydrogen-bond acceptors (Lipinski definition) is 4. The highest BCUT2D eigenvalue weighted by molar-refractivity contribution is 5.79. The number of amides is 1. The Bertz CT molecular complexity index is 818. The van der Waals surface area contributed by atoms with Crippen LogP contribution in [0.1, 0.15) is 36.8 Å². The van der Waals surface area contributed by atoms with Crippen molar-refractivity contribution in [2.75, 3.05) is 32.8 Å². The van der Waals surface area contributed by atoms with Gasteiger partial charge in [-0.05, 0) is 49.2 Å². The molecule has 154 valence electrons. The second-order valence-corrected chi connectivity index (χ2v) is 8.04. The van der Waals surface area contributed by atoms with E-state index in [-0.39, 0.29) is 17.9 Å². The van der Waals surface area contributed by atoms with Crippen molar-refractivity contribution in [3.8, 4) is 11.5 Å². The molecule has 2 aromatic rings. The Morgan fingerprint density at radius 3 is 2.52 bits per heavy atom. The van der Waals surface area contributed by atoms with Gasteiger partial charge in [0.1, 0.15) is 13.2 Å². The van der Waals surface area contributed by atoms with Crippen molar-refractivity contribution in [3.63, 3.8) is 0 Å². The lowest BCUT2D eigenvalue weighted by Gasteiger charge is -2.30. The lowest BCUT2D eigenvalue weighted by molar-refractivity contribution is -0.121. The summed E-state index contributed by atoms with van der Waals surface area (Å²) in [5, 5.41) is 3.32. The number of ether oxygens (including phenoxy) is 2. The maximum atomic E-state index is 12.8. The number of fused-ring (bicyclic) bond motifs is 1. The van der Waals surface area contributed by atoms with Crippen LogP contribution in [-0.4, -0.2) is 49.7 Å². The Hall–Kier alpha value is -2.53. The molecule has 0 bridgehead atoms. The Morgan fingerprint density at radius 1 is 1.03 bits per heavy atom. The molecule has 0 radical (unpaired) electrons. The summed E-state index contributed by atoms with van der Waals surface area (Å²) in [5.74, 6) is 1.85. The number of benzene rings is 2. The molecule has 5 nitrogen and oxygen atoms in total. The molecular weight excluding hydrogens is 364 g/mol. The lowest BCUT2D eigenvalue weighted by atomic mass is 9.92. The summed E-state index contributed by atoms with van der Waals surface area (Å²) in [7, 11) is 0. The summed E-state index contributed by atoms with van der Waals surface area (Å²) in [5.41, 5.74) is 2.20. The summed E-state index contributed by atoms with van der Waals surface area (Å²) in [6.07, 6.45) is 2.89. The Balaban J connectivity index is 1.48. The number of nitrogens with zero attached hydrogens (tertiary/aromatic N) is 1. The van der Waals surface area contributed by atoms with E-state index in [1.807, 2.05) is 36.4 Å². The molecule has 5 heteroatoms. The van der Waals surface area contributed by atoms with Gasteiger partial charge in [-0.25, -0.2) is 0 Å². The first-order valence-electron chi connectivity index (χ1n) is 10.6. The van der Waals surface area contributed by atoms with Crippen LogP contribution < -0.4 is 14.8 Å². The van der Waals surface area contributed by atoms with Crippen molar-refractivity contribution in [1.82, 2.24) is 10.2 Å². The predicted molar refractivity (Wildman–Crippen MR) is 114 cm³/mol. The first-order valence-corrected chi connectivity index (χ1v) is 10.6. The molecule has 2 aliphatic rings. The molecule has 1 saturated heterocycles. The van der Waals surface area contributed by atoms with Crippen LogP contribution in [0.3, 0.4) is 0 Å². The zero-order chi connectivity index (χ0) is 20.1. The molecular formula is C24H30N2O3. The second-order valence-electron chi connectivity index (χ2n) is 8.04. The lowest BCUT2D eigenvalue weighted by Crippen LogP contribution is -2.46. The van der Waals surface area contributed by atoms with Gasteiger partial charge >= 0.3 is 0 Å². The van der Waals surface area contributed by atoms with Gasteiger partial charge in [-0.2, -0.15) is 0 Å². The number of hydrogen-bond donors (Lipinski definition) is 1. The van der Waals surface area contributed by atoms with E-state index >= 15 is 0 Å². The number of nitrogens with one attached hydrogen (secondary N) is 1. The highest BCUT2D eigenvalue weighted by Crippen LogP contribution is 2.34. The van der Waals surface area contributed by atoms with Gasteiger partial charge in [-0.15, -0.1) is 0 Å². The van der Waals surface area contributed by atoms with Crippen molar-refractivity contribution in [2.45, 2.75) is 38.1 Å². The summed E-state index contributed by atoms with van der Waals surface area (Å²) in [6.45, 7) is 6.45. The number of carbonyl (C=O) groups is 1. The first kappa shape index (κ1) is 19.8. The van der Waals surface area contributed by atoms with E-state index in [4.69, 9.17) is 9.47 Å². The van der Waals surface area contributed by atoms with Gasteiger partial charge in [0.05, 0.1) is 6.42 Å². The van der Waals surface area contributed by atoms with Crippen molar-refractivity contribution < 1.29 is 14.3 Å². The maximum absolute atomic E-state index is 12.8. The average Bonchev–Trinajstić information content (AvgIpc) is 3.26. The minimum atomic E-state index is 0.0480. The summed E-state index contributed by atoms with van der Waals surface area (Å²) in [4.78, 5) is 15.3. The van der Waals surface area contributed by atoms with E-state index in [9.17, 15) is 4.79 Å². The molecule has 2 unspecified atom stereocenters. The standard InChI is InChI=1S/C24H30N2O3/c1-18(20-9-10-22-23(16-20)29-14-13-28-22)21(17-26-11-5-6-12-26)25-24(27)15-19-7-3-2-4-8-19/h2-4,7-10,16,18,21H,5-6,11-15,17H2,1H3,(H,25,27). The molecule has 1 fully saturated rings. The zero-order valence-electron chi connectivity index (χ0n) is 17.1. The van der Waals surface area contributed by atoms with Crippen molar-refractivity contribution in [2.24, 2.45) is 0 Å². The first-order chi connectivity index (χ1) is 14.2. The third-order valence-electron chi connectivity index (χ3n) is 5.90. The van der Waals surface area contributed by atoms with Crippen LogP contribution in [0.2, 0.25) is 0 Å². The monoisotopic (exact) mass is 394 g/mol. The topological polar surface area (TPSA) is 50.8 Å². The van der Waals surface area contributed by atoms with Gasteiger partial charge in [-0.1, -0.05) is 43.3 Å². The molecule has 29 heavy (non-hydrogen) atoms. The molecule has 2 heterocycles. The Labute approximate surface area is 173 Å². The molecule has 1 N–H and O–H groups in total. The minimum Gasteiger partial charge on any atom is -0.486 e. The molecule has 1 amide bonds. The smallest absolute Gasteiger partial charge is 0.224 e. The SMILES string of the molecule is CC(c1ccc2c(c1)OCCO2)C(CN1CCCC1)NC(=O)Cc1ccccc1. The quantitative estimate of drug-likeness (QED) is 0.782. The van der Waals surface area contributed by atoms with Gasteiger partial charge in [0, 0.05) is 18.5 Å². The van der Waals surface area contributed by atoms with E-state index in [2.05, 4.69) is 29.3 Å². The van der Waals surface area contributed by atoms with Crippen LogP contribution in [0.5, 0.6) is 11.5 Å². The fourth-order valence-electron chi connectivity index (χ4n) is 4.19. The third-order valence-corrected chi connectivity index (χ3v) is 5.90. The number of carbonyl (C=O) groups excluding carboxylic acids is 1. The van der Waals surface area contributed by atoms with E-state index in [0.29, 0.717) is 19.6 Å². The third kappa shape index (κ3) is 5.10. The van der Waals surface area contributed by atoms with Crippen molar-refractivity contribution in [3.05, 3.63) is 59.7 Å². The average molecular weight is 395 g/mol. The molecule has 2 atom stereocenters. The predicted octanol–water partition coefficient (Wildman–Crippen LogP) is 3.38. The minimum absolute atomic E-state index is 0.0480. The molecule has 0 spiro atoms. The van der Waals surface area contributed by atoms with Crippen LogP contribution in [0, 0.1) is 0 Å². The summed E-state index contributed by atoms with van der Waals surface area (Å²) in [6, 6.07) is 16.1. The van der Waals surface area contributed by atoms with Crippen LogP contribution in [-0.2, 0) is 11.2 Å². The van der Waals surface area contributed by atoms with Gasteiger partial charge in [-0.3, -0.25) is 4.79 Å². The molecule has 0 aromatic heterocycles. The Morgan fingerprint density at radius 2 is 1.76 bits per heavy atom. The summed E-state index contributed by atoms with van der Waals surface area (Å²) >= 11 is 0. The van der Waals surface area contributed by atoms with E-state index in [0.717, 1.165) is 36.7 Å². The van der Waals surface area contributed by atoms with Crippen molar-refractivity contribution >= 4 is 5.91 Å². The molecule has 0 aliphatic carbocycles. The van der Waals surface area contributed by atoms with Crippen LogP contribution in [0.25, 0.3) is 0 Å². The fourth-order valence-corrected chi connectivity index (χ4v) is 4.19. The maximum Gasteiger partial charge on any atom is 0.224 e. The van der Waals surface area contributed by atoms with Gasteiger partial charge in [0.15, 0.2) is 11.5 Å². The van der Waals surface area contributed by atoms with E-state index < -0.39 is 0 Å². The van der Waals surface area contributed by atoms with Crippen LogP contribution in [0.15, 0.2) is 48.5 Å². The zero-order valence-corrected chi connectivity index (χ0v) is 17.1. The normalized spacial score (nSPS) is 18.2. The Kier molecular flexibility index (Phi) is 6.35. The molecule has 0 saturated carbocycles. The molecule has 4 rings (SSSR count). The molecule has 2 aromatic carbocycles. The van der Waals surface area contributed by atoms with Gasteiger partial charge in [0.2, 0.25) is 5.91 Å². The second kappa shape index (κ2) is 9.31. The molecule has 2 aliphatic heterocycles. The van der Waals surface area contributed by atoms with E-state index in [1.54, 1.807) is 0 Å². The highest BCUT2D eigenvalue weighted by Gasteiger charge is 2.26. The highest BCUT2D eigenvalue weighted by atomic mass is 16.6.